The molecule has 1 aromatic carbocycles. The highest BCUT2D eigenvalue weighted by Gasteiger charge is 2.08. The molecule has 6 heteroatoms. The second kappa shape index (κ2) is 6.80. The molecule has 1 heterocycles. The Morgan fingerprint density at radius 2 is 1.74 bits per heavy atom. The molecule has 0 fully saturated rings. The van der Waals surface area contributed by atoms with Gasteiger partial charge in [-0.2, -0.15) is 11.8 Å². The van der Waals surface area contributed by atoms with Crippen LogP contribution >= 0.6 is 46.6 Å². The topological polar surface area (TPSA) is 25.2 Å². The van der Waals surface area contributed by atoms with Crippen molar-refractivity contribution in [1.82, 2.24) is 0 Å². The van der Waals surface area contributed by atoms with E-state index in [1.165, 1.54) is 0 Å². The van der Waals surface area contributed by atoms with Crippen LogP contribution in [0.1, 0.15) is 11.5 Å². The molecule has 0 bridgehead atoms. The average molecular weight is 337 g/mol. The Hall–Kier alpha value is -0.480. The van der Waals surface area contributed by atoms with Crippen molar-refractivity contribution in [3.8, 4) is 0 Å². The second-order valence-electron chi connectivity index (χ2n) is 3.90. The number of thioether (sulfide) groups is 1. The minimum absolute atomic E-state index is 0.494. The fraction of sp³-hybridized carbons (Fsp3) is 0.231. The summed E-state index contributed by atoms with van der Waals surface area (Å²) < 4.78 is 5.65. The number of rotatable bonds is 5. The Balaban J connectivity index is 2.05. The highest BCUT2D eigenvalue weighted by atomic mass is 35.5. The summed E-state index contributed by atoms with van der Waals surface area (Å²) in [7, 11) is 0. The Kier molecular flexibility index (Phi) is 5.34. The maximum atomic E-state index is 6.09. The first-order valence-corrected chi connectivity index (χ1v) is 8.08. The molecular weight excluding hydrogens is 325 g/mol. The van der Waals surface area contributed by atoms with Crippen molar-refractivity contribution in [2.75, 3.05) is 11.6 Å². The average Bonchev–Trinajstić information content (AvgIpc) is 2.76. The number of halogens is 3. The Bertz CT molecular complexity index is 548. The van der Waals surface area contributed by atoms with Crippen molar-refractivity contribution in [1.29, 1.82) is 0 Å². The first-order chi connectivity index (χ1) is 9.10. The van der Waals surface area contributed by atoms with Crippen molar-refractivity contribution in [2.45, 2.75) is 12.3 Å². The summed E-state index contributed by atoms with van der Waals surface area (Å²) in [6, 6.07) is 7.21. The van der Waals surface area contributed by atoms with Crippen molar-refractivity contribution in [2.24, 2.45) is 0 Å². The molecule has 0 saturated carbocycles. The monoisotopic (exact) mass is 335 g/mol. The van der Waals surface area contributed by atoms with Gasteiger partial charge in [0, 0.05) is 5.02 Å². The van der Waals surface area contributed by atoms with Crippen LogP contribution in [0.3, 0.4) is 0 Å². The third-order valence-electron chi connectivity index (χ3n) is 2.45. The molecule has 2 rings (SSSR count). The summed E-state index contributed by atoms with van der Waals surface area (Å²) in [5, 5.41) is 4.66. The lowest BCUT2D eigenvalue weighted by molar-refractivity contribution is 0.487. The normalized spacial score (nSPS) is 10.7. The molecule has 0 aliphatic heterocycles. The maximum Gasteiger partial charge on any atom is 0.123 e. The number of anilines is 1. The summed E-state index contributed by atoms with van der Waals surface area (Å²) >= 11 is 19.8. The van der Waals surface area contributed by atoms with Crippen LogP contribution in [0.2, 0.25) is 15.1 Å². The smallest absolute Gasteiger partial charge is 0.123 e. The quantitative estimate of drug-likeness (QED) is 0.756. The molecule has 0 spiro atoms. The van der Waals surface area contributed by atoms with Crippen LogP contribution in [-0.4, -0.2) is 6.26 Å². The SMILES string of the molecule is CSCc1ccc(CNc2c(Cl)cc(Cl)cc2Cl)o1. The zero-order valence-electron chi connectivity index (χ0n) is 10.2. The van der Waals surface area contributed by atoms with E-state index in [-0.39, 0.29) is 0 Å². The van der Waals surface area contributed by atoms with E-state index in [0.29, 0.717) is 27.3 Å². The minimum atomic E-state index is 0.494. The highest BCUT2D eigenvalue weighted by Crippen LogP contribution is 2.34. The summed E-state index contributed by atoms with van der Waals surface area (Å²) in [5.74, 6) is 2.66. The lowest BCUT2D eigenvalue weighted by Gasteiger charge is -2.09. The van der Waals surface area contributed by atoms with Gasteiger partial charge in [-0.15, -0.1) is 0 Å². The lowest BCUT2D eigenvalue weighted by atomic mass is 10.3. The number of furan rings is 1. The molecule has 19 heavy (non-hydrogen) atoms. The zero-order chi connectivity index (χ0) is 13.8. The van der Waals surface area contributed by atoms with Gasteiger partial charge in [0.15, 0.2) is 0 Å². The maximum absolute atomic E-state index is 6.09. The largest absolute Gasteiger partial charge is 0.463 e. The predicted molar refractivity (Wildman–Crippen MR) is 84.7 cm³/mol. The van der Waals surface area contributed by atoms with Gasteiger partial charge in [0.1, 0.15) is 11.5 Å². The minimum Gasteiger partial charge on any atom is -0.463 e. The van der Waals surface area contributed by atoms with Crippen molar-refractivity contribution < 1.29 is 4.42 Å². The Morgan fingerprint density at radius 3 is 2.37 bits per heavy atom. The molecule has 0 saturated heterocycles. The third-order valence-corrected chi connectivity index (χ3v) is 3.84. The van der Waals surface area contributed by atoms with Gasteiger partial charge in [0.25, 0.3) is 0 Å². The molecule has 1 aromatic heterocycles. The predicted octanol–water partition coefficient (Wildman–Crippen LogP) is 5.71. The molecule has 102 valence electrons. The van der Waals surface area contributed by atoms with Crippen LogP contribution in [0.5, 0.6) is 0 Å². The fourth-order valence-electron chi connectivity index (χ4n) is 1.62. The van der Waals surface area contributed by atoms with E-state index < -0.39 is 0 Å². The zero-order valence-corrected chi connectivity index (χ0v) is 13.3. The number of nitrogens with one attached hydrogen (secondary N) is 1. The van der Waals surface area contributed by atoms with Crippen LogP contribution in [-0.2, 0) is 12.3 Å². The Morgan fingerprint density at radius 1 is 1.11 bits per heavy atom. The standard InChI is InChI=1S/C13H12Cl3NOS/c1-19-7-10-3-2-9(18-10)6-17-13-11(15)4-8(14)5-12(13)16/h2-5,17H,6-7H2,1H3. The summed E-state index contributed by atoms with van der Waals surface area (Å²) in [4.78, 5) is 0. The molecule has 1 N–H and O–H groups in total. The van der Waals surface area contributed by atoms with Gasteiger partial charge >= 0.3 is 0 Å². The van der Waals surface area contributed by atoms with Crippen LogP contribution in [0.4, 0.5) is 5.69 Å². The summed E-state index contributed by atoms with van der Waals surface area (Å²) in [6.45, 7) is 0.523. The van der Waals surface area contributed by atoms with E-state index in [9.17, 15) is 0 Å². The van der Waals surface area contributed by atoms with Gasteiger partial charge in [0.2, 0.25) is 0 Å². The van der Waals surface area contributed by atoms with Gasteiger partial charge in [-0.3, -0.25) is 0 Å². The van der Waals surface area contributed by atoms with Gasteiger partial charge < -0.3 is 9.73 Å². The molecule has 2 nitrogen and oxygen atoms in total. The van der Waals surface area contributed by atoms with E-state index in [1.807, 2.05) is 18.4 Å². The molecule has 0 unspecified atom stereocenters. The van der Waals surface area contributed by atoms with Crippen molar-refractivity contribution in [3.63, 3.8) is 0 Å². The van der Waals surface area contributed by atoms with Gasteiger partial charge in [0.05, 0.1) is 28.0 Å². The first kappa shape index (κ1) is 14.9. The van der Waals surface area contributed by atoms with E-state index in [1.54, 1.807) is 23.9 Å². The number of hydrogen-bond acceptors (Lipinski definition) is 3. The molecule has 0 amide bonds. The molecule has 2 aromatic rings. The lowest BCUT2D eigenvalue weighted by Crippen LogP contribution is -1.99. The third kappa shape index (κ3) is 3.99. The summed E-state index contributed by atoms with van der Waals surface area (Å²) in [5.41, 5.74) is 0.663. The molecule has 0 atom stereocenters. The number of hydrogen-bond donors (Lipinski definition) is 1. The molecule has 0 aliphatic rings. The van der Waals surface area contributed by atoms with Gasteiger partial charge in [-0.25, -0.2) is 0 Å². The van der Waals surface area contributed by atoms with E-state index in [2.05, 4.69) is 5.32 Å². The van der Waals surface area contributed by atoms with Gasteiger partial charge in [-0.05, 0) is 30.5 Å². The Labute approximate surface area is 131 Å². The molecular formula is C13H12Cl3NOS. The van der Waals surface area contributed by atoms with Crippen LogP contribution < -0.4 is 5.32 Å². The molecule has 0 aliphatic carbocycles. The number of benzene rings is 1. The van der Waals surface area contributed by atoms with Crippen LogP contribution in [0, 0.1) is 0 Å². The van der Waals surface area contributed by atoms with Crippen molar-refractivity contribution >= 4 is 52.3 Å². The van der Waals surface area contributed by atoms with E-state index >= 15 is 0 Å². The fourth-order valence-corrected chi connectivity index (χ4v) is 3.01. The second-order valence-corrected chi connectivity index (χ2v) is 6.02. The first-order valence-electron chi connectivity index (χ1n) is 5.55. The van der Waals surface area contributed by atoms with E-state index in [4.69, 9.17) is 39.2 Å². The summed E-state index contributed by atoms with van der Waals surface area (Å²) in [6.07, 6.45) is 2.04. The van der Waals surface area contributed by atoms with E-state index in [0.717, 1.165) is 17.3 Å². The van der Waals surface area contributed by atoms with Crippen molar-refractivity contribution in [3.05, 3.63) is 50.9 Å². The van der Waals surface area contributed by atoms with Gasteiger partial charge in [-0.1, -0.05) is 34.8 Å². The van der Waals surface area contributed by atoms with Crippen LogP contribution in [0.25, 0.3) is 0 Å². The van der Waals surface area contributed by atoms with Crippen LogP contribution in [0.15, 0.2) is 28.7 Å². The highest BCUT2D eigenvalue weighted by molar-refractivity contribution is 7.97. The molecule has 0 radical (unpaired) electrons.